The Balaban J connectivity index is 1.39. The monoisotopic (exact) mass is 296 g/mol. The van der Waals surface area contributed by atoms with Gasteiger partial charge in [0, 0.05) is 37.7 Å². The number of fused-ring (bicyclic) bond motifs is 1. The summed E-state index contributed by atoms with van der Waals surface area (Å²) >= 11 is 0. The number of nitrogens with zero attached hydrogens (tertiary/aromatic N) is 2. The second-order valence-electron chi connectivity index (χ2n) is 6.73. The zero-order chi connectivity index (χ0) is 14.9. The molecule has 1 aliphatic heterocycles. The van der Waals surface area contributed by atoms with E-state index in [1.165, 1.54) is 18.4 Å². The predicted octanol–water partition coefficient (Wildman–Crippen LogP) is 2.97. The molecule has 22 heavy (non-hydrogen) atoms. The minimum absolute atomic E-state index is 0.516. The highest BCUT2D eigenvalue weighted by molar-refractivity contribution is 5.38. The summed E-state index contributed by atoms with van der Waals surface area (Å²) in [5.41, 5.74) is 2.53. The van der Waals surface area contributed by atoms with E-state index in [2.05, 4.69) is 63.7 Å². The Kier molecular flexibility index (Phi) is 3.62. The highest BCUT2D eigenvalue weighted by Gasteiger charge is 2.32. The van der Waals surface area contributed by atoms with Gasteiger partial charge in [-0.3, -0.25) is 0 Å². The van der Waals surface area contributed by atoms with E-state index in [1.54, 1.807) is 0 Å². The van der Waals surface area contributed by atoms with Crippen molar-refractivity contribution in [3.8, 4) is 0 Å². The average Bonchev–Trinajstić information content (AvgIpc) is 3.29. The standard InChI is InChI=1S/C18H24N4/c1-13-9-17-19-10-14(12-22(17)21-13)11-20-18(16-7-8-16)15-5-3-2-4-6-15/h2-6,9,14,16,18-20H,7-8,10-12H2,1H3/t14-,18+/m1/s1. The first-order valence-corrected chi connectivity index (χ1v) is 8.36. The Labute approximate surface area is 131 Å². The van der Waals surface area contributed by atoms with Crippen molar-refractivity contribution in [3.05, 3.63) is 47.7 Å². The lowest BCUT2D eigenvalue weighted by atomic mass is 10.0. The van der Waals surface area contributed by atoms with Crippen LogP contribution in [-0.4, -0.2) is 22.9 Å². The van der Waals surface area contributed by atoms with E-state index in [9.17, 15) is 0 Å². The number of aryl methyl sites for hydroxylation is 1. The van der Waals surface area contributed by atoms with E-state index in [1.807, 2.05) is 0 Å². The lowest BCUT2D eigenvalue weighted by Gasteiger charge is -2.27. The number of nitrogens with one attached hydrogen (secondary N) is 2. The van der Waals surface area contributed by atoms with Crippen molar-refractivity contribution in [3.63, 3.8) is 0 Å². The fourth-order valence-electron chi connectivity index (χ4n) is 3.46. The van der Waals surface area contributed by atoms with Gasteiger partial charge < -0.3 is 10.6 Å². The van der Waals surface area contributed by atoms with Crippen LogP contribution in [0.1, 0.15) is 30.1 Å². The van der Waals surface area contributed by atoms with Gasteiger partial charge in [-0.25, -0.2) is 4.68 Å². The second kappa shape index (κ2) is 5.76. The Morgan fingerprint density at radius 1 is 1.32 bits per heavy atom. The Morgan fingerprint density at radius 3 is 2.91 bits per heavy atom. The van der Waals surface area contributed by atoms with Crippen LogP contribution in [0.5, 0.6) is 0 Å². The topological polar surface area (TPSA) is 41.9 Å². The van der Waals surface area contributed by atoms with Crippen LogP contribution in [-0.2, 0) is 6.54 Å². The number of benzene rings is 1. The number of aromatic nitrogens is 2. The summed E-state index contributed by atoms with van der Waals surface area (Å²) in [7, 11) is 0. The molecule has 0 amide bonds. The SMILES string of the molecule is Cc1cc2n(n1)C[C@@H](CN[C@@H](c1ccccc1)C1CC1)CN2. The first kappa shape index (κ1) is 13.8. The third kappa shape index (κ3) is 2.88. The molecule has 1 aromatic carbocycles. The molecule has 0 saturated heterocycles. The van der Waals surface area contributed by atoms with Gasteiger partial charge in [-0.2, -0.15) is 5.10 Å². The van der Waals surface area contributed by atoms with Gasteiger partial charge in [-0.15, -0.1) is 0 Å². The van der Waals surface area contributed by atoms with Crippen LogP contribution >= 0.6 is 0 Å². The molecular weight excluding hydrogens is 272 g/mol. The van der Waals surface area contributed by atoms with Crippen molar-refractivity contribution in [2.24, 2.45) is 11.8 Å². The molecule has 0 bridgehead atoms. The zero-order valence-corrected chi connectivity index (χ0v) is 13.1. The van der Waals surface area contributed by atoms with Crippen LogP contribution in [0, 0.1) is 18.8 Å². The van der Waals surface area contributed by atoms with Crippen molar-refractivity contribution in [2.45, 2.75) is 32.4 Å². The van der Waals surface area contributed by atoms with Gasteiger partial charge >= 0.3 is 0 Å². The van der Waals surface area contributed by atoms with Crippen LogP contribution in [0.25, 0.3) is 0 Å². The van der Waals surface area contributed by atoms with Gasteiger partial charge in [0.05, 0.1) is 5.69 Å². The third-order valence-corrected chi connectivity index (χ3v) is 4.78. The molecule has 1 aliphatic carbocycles. The minimum Gasteiger partial charge on any atom is -0.370 e. The van der Waals surface area contributed by atoms with Crippen LogP contribution in [0.3, 0.4) is 0 Å². The van der Waals surface area contributed by atoms with Crippen LogP contribution in [0.2, 0.25) is 0 Å². The molecule has 1 saturated carbocycles. The summed E-state index contributed by atoms with van der Waals surface area (Å²) in [4.78, 5) is 0. The Bertz CT molecular complexity index is 630. The third-order valence-electron chi connectivity index (χ3n) is 4.78. The number of anilines is 1. The van der Waals surface area contributed by atoms with Crippen LogP contribution in [0.15, 0.2) is 36.4 Å². The van der Waals surface area contributed by atoms with E-state index in [4.69, 9.17) is 0 Å². The fourth-order valence-corrected chi connectivity index (χ4v) is 3.46. The molecule has 2 N–H and O–H groups in total. The van der Waals surface area contributed by atoms with E-state index in [0.29, 0.717) is 12.0 Å². The van der Waals surface area contributed by atoms with Crippen molar-refractivity contribution in [1.82, 2.24) is 15.1 Å². The number of hydrogen-bond donors (Lipinski definition) is 2. The molecule has 2 aliphatic rings. The van der Waals surface area contributed by atoms with Gasteiger partial charge in [0.1, 0.15) is 5.82 Å². The molecule has 0 radical (unpaired) electrons. The lowest BCUT2D eigenvalue weighted by Crippen LogP contribution is -2.37. The smallest absolute Gasteiger partial charge is 0.124 e. The van der Waals surface area contributed by atoms with Gasteiger partial charge in [0.25, 0.3) is 0 Å². The molecule has 4 nitrogen and oxygen atoms in total. The van der Waals surface area contributed by atoms with E-state index < -0.39 is 0 Å². The zero-order valence-electron chi connectivity index (χ0n) is 13.1. The van der Waals surface area contributed by atoms with Crippen LogP contribution in [0.4, 0.5) is 5.82 Å². The molecule has 4 rings (SSSR count). The molecule has 2 atom stereocenters. The maximum absolute atomic E-state index is 4.56. The largest absolute Gasteiger partial charge is 0.370 e. The first-order chi connectivity index (χ1) is 10.8. The number of rotatable bonds is 5. The van der Waals surface area contributed by atoms with E-state index >= 15 is 0 Å². The molecular formula is C18H24N4. The minimum atomic E-state index is 0.516. The Hall–Kier alpha value is -1.81. The summed E-state index contributed by atoms with van der Waals surface area (Å²) in [5.74, 6) is 2.58. The predicted molar refractivity (Wildman–Crippen MR) is 88.9 cm³/mol. The molecule has 2 aromatic rings. The van der Waals surface area contributed by atoms with Crippen molar-refractivity contribution >= 4 is 5.82 Å². The molecule has 0 spiro atoms. The quantitative estimate of drug-likeness (QED) is 0.891. The van der Waals surface area contributed by atoms with Crippen molar-refractivity contribution in [1.29, 1.82) is 0 Å². The summed E-state index contributed by atoms with van der Waals surface area (Å²) in [5, 5.41) is 11.9. The summed E-state index contributed by atoms with van der Waals surface area (Å²) in [6.07, 6.45) is 2.72. The average molecular weight is 296 g/mol. The van der Waals surface area contributed by atoms with Gasteiger partial charge in [0.15, 0.2) is 0 Å². The maximum Gasteiger partial charge on any atom is 0.124 e. The normalized spacial score (nSPS) is 22.0. The van der Waals surface area contributed by atoms with Gasteiger partial charge in [-0.1, -0.05) is 30.3 Å². The summed E-state index contributed by atoms with van der Waals surface area (Å²) in [6.45, 7) is 5.14. The molecule has 116 valence electrons. The second-order valence-corrected chi connectivity index (χ2v) is 6.73. The molecule has 2 heterocycles. The molecule has 1 fully saturated rings. The maximum atomic E-state index is 4.56. The van der Waals surface area contributed by atoms with Gasteiger partial charge in [0.2, 0.25) is 0 Å². The van der Waals surface area contributed by atoms with E-state index in [0.717, 1.165) is 37.1 Å². The molecule has 0 unspecified atom stereocenters. The highest BCUT2D eigenvalue weighted by Crippen LogP contribution is 2.41. The van der Waals surface area contributed by atoms with Crippen molar-refractivity contribution in [2.75, 3.05) is 18.4 Å². The van der Waals surface area contributed by atoms with Gasteiger partial charge in [-0.05, 0) is 31.2 Å². The number of hydrogen-bond acceptors (Lipinski definition) is 3. The highest BCUT2D eigenvalue weighted by atomic mass is 15.3. The van der Waals surface area contributed by atoms with E-state index in [-0.39, 0.29) is 0 Å². The van der Waals surface area contributed by atoms with Crippen molar-refractivity contribution < 1.29 is 0 Å². The first-order valence-electron chi connectivity index (χ1n) is 8.36. The Morgan fingerprint density at radius 2 is 2.14 bits per heavy atom. The van der Waals surface area contributed by atoms with Crippen LogP contribution < -0.4 is 10.6 Å². The summed E-state index contributed by atoms with van der Waals surface area (Å²) in [6, 6.07) is 13.5. The molecule has 4 heteroatoms. The lowest BCUT2D eigenvalue weighted by molar-refractivity contribution is 0.358. The summed E-state index contributed by atoms with van der Waals surface area (Å²) < 4.78 is 2.11. The molecule has 1 aromatic heterocycles. The fraction of sp³-hybridized carbons (Fsp3) is 0.500.